The van der Waals surface area contributed by atoms with E-state index in [2.05, 4.69) is 10.2 Å². The molecule has 2 N–H and O–H groups in total. The second-order valence-electron chi connectivity index (χ2n) is 7.63. The standard InChI is InChI=1S/C23H28N2O5/c26-22(16-30-18-6-2-1-3-7-18)24-19(15-25-10-4-5-11-25)23(27)17-8-9-20-21(14-17)29-13-12-28-20/h1-3,6-9,14,19,23,27H,4-5,10-13,15-16H2,(H,24,26). The van der Waals surface area contributed by atoms with Crippen molar-refractivity contribution in [1.82, 2.24) is 10.2 Å². The van der Waals surface area contributed by atoms with Crippen LogP contribution in [0.5, 0.6) is 17.2 Å². The highest BCUT2D eigenvalue weighted by Crippen LogP contribution is 2.33. The van der Waals surface area contributed by atoms with Gasteiger partial charge in [0.05, 0.1) is 6.04 Å². The first-order valence-corrected chi connectivity index (χ1v) is 10.5. The van der Waals surface area contributed by atoms with Gasteiger partial charge in [-0.3, -0.25) is 4.79 Å². The van der Waals surface area contributed by atoms with Gasteiger partial charge in [-0.05, 0) is 55.8 Å². The monoisotopic (exact) mass is 412 g/mol. The highest BCUT2D eigenvalue weighted by Gasteiger charge is 2.28. The Kier molecular flexibility index (Phi) is 6.71. The van der Waals surface area contributed by atoms with E-state index in [0.717, 1.165) is 25.9 Å². The fraction of sp³-hybridized carbons (Fsp3) is 0.435. The second kappa shape index (κ2) is 9.82. The van der Waals surface area contributed by atoms with Gasteiger partial charge in [0, 0.05) is 6.54 Å². The van der Waals surface area contributed by atoms with E-state index in [0.29, 0.717) is 42.6 Å². The van der Waals surface area contributed by atoms with Crippen molar-refractivity contribution in [2.45, 2.75) is 25.0 Å². The van der Waals surface area contributed by atoms with E-state index in [9.17, 15) is 9.90 Å². The summed E-state index contributed by atoms with van der Waals surface area (Å²) < 4.78 is 16.8. The van der Waals surface area contributed by atoms with Crippen LogP contribution in [0.4, 0.5) is 0 Å². The minimum Gasteiger partial charge on any atom is -0.486 e. The maximum absolute atomic E-state index is 12.6. The van der Waals surface area contributed by atoms with Gasteiger partial charge in [0.2, 0.25) is 0 Å². The fourth-order valence-electron chi connectivity index (χ4n) is 3.86. The van der Waals surface area contributed by atoms with Crippen LogP contribution in [0.3, 0.4) is 0 Å². The average molecular weight is 412 g/mol. The Balaban J connectivity index is 1.43. The molecule has 0 aromatic heterocycles. The highest BCUT2D eigenvalue weighted by atomic mass is 16.6. The van der Waals surface area contributed by atoms with Gasteiger partial charge >= 0.3 is 0 Å². The Morgan fingerprint density at radius 3 is 2.57 bits per heavy atom. The predicted molar refractivity (Wildman–Crippen MR) is 112 cm³/mol. The number of amides is 1. The first kappa shape index (κ1) is 20.5. The Labute approximate surface area is 176 Å². The third kappa shape index (κ3) is 5.23. The molecule has 1 amide bonds. The molecule has 4 rings (SSSR count). The SMILES string of the molecule is O=C(COc1ccccc1)NC(CN1CCCC1)C(O)c1ccc2c(c1)OCCO2. The number of hydrogen-bond acceptors (Lipinski definition) is 6. The number of para-hydroxylation sites is 1. The molecule has 2 aromatic rings. The van der Waals surface area contributed by atoms with Crippen molar-refractivity contribution in [2.24, 2.45) is 0 Å². The lowest BCUT2D eigenvalue weighted by Gasteiger charge is -2.29. The number of ether oxygens (including phenoxy) is 3. The Morgan fingerprint density at radius 1 is 1.07 bits per heavy atom. The van der Waals surface area contributed by atoms with E-state index in [1.54, 1.807) is 24.3 Å². The summed E-state index contributed by atoms with van der Waals surface area (Å²) in [7, 11) is 0. The summed E-state index contributed by atoms with van der Waals surface area (Å²) in [6.07, 6.45) is 1.40. The average Bonchev–Trinajstić information content (AvgIpc) is 3.30. The molecule has 0 saturated carbocycles. The van der Waals surface area contributed by atoms with Gasteiger partial charge < -0.3 is 29.5 Å². The number of fused-ring (bicyclic) bond motifs is 1. The van der Waals surface area contributed by atoms with Crippen LogP contribution in [0.15, 0.2) is 48.5 Å². The zero-order valence-corrected chi connectivity index (χ0v) is 17.0. The van der Waals surface area contributed by atoms with E-state index in [1.807, 2.05) is 24.3 Å². The quantitative estimate of drug-likeness (QED) is 0.692. The molecule has 2 heterocycles. The van der Waals surface area contributed by atoms with E-state index in [-0.39, 0.29) is 12.5 Å². The van der Waals surface area contributed by atoms with Crippen molar-refractivity contribution >= 4 is 5.91 Å². The van der Waals surface area contributed by atoms with E-state index >= 15 is 0 Å². The normalized spacial score (nSPS) is 17.9. The lowest BCUT2D eigenvalue weighted by atomic mass is 10.0. The van der Waals surface area contributed by atoms with Crippen molar-refractivity contribution < 1.29 is 24.1 Å². The summed E-state index contributed by atoms with van der Waals surface area (Å²) >= 11 is 0. The van der Waals surface area contributed by atoms with Crippen LogP contribution >= 0.6 is 0 Å². The zero-order valence-electron chi connectivity index (χ0n) is 17.0. The van der Waals surface area contributed by atoms with Crippen molar-refractivity contribution in [3.05, 3.63) is 54.1 Å². The maximum Gasteiger partial charge on any atom is 0.258 e. The van der Waals surface area contributed by atoms with Gasteiger partial charge in [0.1, 0.15) is 25.1 Å². The third-order valence-corrected chi connectivity index (χ3v) is 5.40. The molecule has 2 aromatic carbocycles. The Bertz CT molecular complexity index is 839. The summed E-state index contributed by atoms with van der Waals surface area (Å²) in [5.41, 5.74) is 0.688. The molecule has 0 aliphatic carbocycles. The fourth-order valence-corrected chi connectivity index (χ4v) is 3.86. The number of benzene rings is 2. The minimum absolute atomic E-state index is 0.103. The number of aliphatic hydroxyl groups excluding tert-OH is 1. The number of nitrogens with one attached hydrogen (secondary N) is 1. The molecule has 0 bridgehead atoms. The number of hydrogen-bond donors (Lipinski definition) is 2. The molecule has 2 aliphatic heterocycles. The van der Waals surface area contributed by atoms with Crippen LogP contribution in [0.1, 0.15) is 24.5 Å². The molecule has 7 heteroatoms. The van der Waals surface area contributed by atoms with Gasteiger partial charge in [0.25, 0.3) is 5.91 Å². The summed E-state index contributed by atoms with van der Waals surface area (Å²) in [5, 5.41) is 14.1. The number of rotatable bonds is 8. The van der Waals surface area contributed by atoms with Crippen molar-refractivity contribution in [1.29, 1.82) is 0 Å². The third-order valence-electron chi connectivity index (χ3n) is 5.40. The number of carbonyl (C=O) groups is 1. The summed E-state index contributed by atoms with van der Waals surface area (Å²) in [6.45, 7) is 3.42. The van der Waals surface area contributed by atoms with Crippen molar-refractivity contribution in [3.63, 3.8) is 0 Å². The van der Waals surface area contributed by atoms with Gasteiger partial charge in [0.15, 0.2) is 18.1 Å². The summed E-state index contributed by atoms with van der Waals surface area (Å²) in [5.74, 6) is 1.67. The molecule has 0 spiro atoms. The van der Waals surface area contributed by atoms with Gasteiger partial charge in [-0.25, -0.2) is 0 Å². The molecule has 0 radical (unpaired) electrons. The maximum atomic E-state index is 12.6. The van der Waals surface area contributed by atoms with Gasteiger partial charge in [-0.2, -0.15) is 0 Å². The molecule has 2 unspecified atom stereocenters. The molecule has 1 saturated heterocycles. The summed E-state index contributed by atoms with van der Waals surface area (Å²) in [6, 6.07) is 14.2. The van der Waals surface area contributed by atoms with E-state index in [4.69, 9.17) is 14.2 Å². The molecule has 2 atom stereocenters. The molecular formula is C23H28N2O5. The topological polar surface area (TPSA) is 80.3 Å². The first-order chi connectivity index (χ1) is 14.7. The van der Waals surface area contributed by atoms with E-state index < -0.39 is 12.1 Å². The van der Waals surface area contributed by atoms with Crippen LogP contribution in [-0.4, -0.2) is 61.4 Å². The minimum atomic E-state index is -0.873. The van der Waals surface area contributed by atoms with Crippen molar-refractivity contribution in [2.75, 3.05) is 39.5 Å². The van der Waals surface area contributed by atoms with E-state index in [1.165, 1.54) is 0 Å². The molecule has 160 valence electrons. The number of likely N-dealkylation sites (tertiary alicyclic amines) is 1. The van der Waals surface area contributed by atoms with Crippen LogP contribution in [0, 0.1) is 0 Å². The number of aliphatic hydroxyl groups is 1. The zero-order chi connectivity index (χ0) is 20.8. The molecule has 7 nitrogen and oxygen atoms in total. The first-order valence-electron chi connectivity index (χ1n) is 10.5. The predicted octanol–water partition coefficient (Wildman–Crippen LogP) is 2.15. The molecule has 2 aliphatic rings. The second-order valence-corrected chi connectivity index (χ2v) is 7.63. The number of carbonyl (C=O) groups excluding carboxylic acids is 1. The van der Waals surface area contributed by atoms with Crippen LogP contribution < -0.4 is 19.5 Å². The smallest absolute Gasteiger partial charge is 0.258 e. The lowest BCUT2D eigenvalue weighted by Crippen LogP contribution is -2.48. The lowest BCUT2D eigenvalue weighted by molar-refractivity contribution is -0.124. The molecule has 30 heavy (non-hydrogen) atoms. The van der Waals surface area contributed by atoms with Crippen LogP contribution in [0.2, 0.25) is 0 Å². The highest BCUT2D eigenvalue weighted by molar-refractivity contribution is 5.78. The number of nitrogens with zero attached hydrogens (tertiary/aromatic N) is 1. The van der Waals surface area contributed by atoms with Crippen LogP contribution in [-0.2, 0) is 4.79 Å². The van der Waals surface area contributed by atoms with Crippen molar-refractivity contribution in [3.8, 4) is 17.2 Å². The Morgan fingerprint density at radius 2 is 1.80 bits per heavy atom. The summed E-state index contributed by atoms with van der Waals surface area (Å²) in [4.78, 5) is 14.8. The van der Waals surface area contributed by atoms with Crippen LogP contribution in [0.25, 0.3) is 0 Å². The largest absolute Gasteiger partial charge is 0.486 e. The molecule has 1 fully saturated rings. The Hall–Kier alpha value is -2.77. The van der Waals surface area contributed by atoms with Gasteiger partial charge in [-0.15, -0.1) is 0 Å². The van der Waals surface area contributed by atoms with Gasteiger partial charge in [-0.1, -0.05) is 24.3 Å². The molecular weight excluding hydrogens is 384 g/mol.